The molecule has 0 aliphatic heterocycles. The smallest absolute Gasteiger partial charge is 0.306 e. The maximum Gasteiger partial charge on any atom is 0.306 e. The van der Waals surface area contributed by atoms with E-state index in [2.05, 4.69) is 98.9 Å². The third-order valence-corrected chi connectivity index (χ3v) is 16.4. The number of ether oxygens (including phenoxy) is 4. The summed E-state index contributed by atoms with van der Waals surface area (Å²) in [6, 6.07) is 0. The Morgan fingerprint density at radius 1 is 0.352 bits per heavy atom. The highest BCUT2D eigenvalue weighted by atomic mass is 16.7. The van der Waals surface area contributed by atoms with Crippen molar-refractivity contribution in [1.29, 1.82) is 0 Å². The lowest BCUT2D eigenvalue weighted by molar-refractivity contribution is -0.870. The lowest BCUT2D eigenvalue weighted by Gasteiger charge is -2.26. The number of hydrogen-bond donors (Lipinski definition) is 0. The molecule has 2 unspecified atom stereocenters. The van der Waals surface area contributed by atoms with Crippen LogP contribution in [0.5, 0.6) is 0 Å². The second-order valence-electron chi connectivity index (χ2n) is 26.2. The Balaban J connectivity index is 4.08. The Morgan fingerprint density at radius 2 is 0.648 bits per heavy atom. The zero-order valence-corrected chi connectivity index (χ0v) is 58.3. The number of hydrogen-bond acceptors (Lipinski definition) is 8. The summed E-state index contributed by atoms with van der Waals surface area (Å²) in [5.74, 6) is -2.29. The normalized spacial score (nSPS) is 13.1. The van der Waals surface area contributed by atoms with Gasteiger partial charge in [-0.25, -0.2) is 0 Å². The van der Waals surface area contributed by atoms with Crippen LogP contribution in [0.1, 0.15) is 341 Å². The van der Waals surface area contributed by atoms with E-state index in [1.165, 1.54) is 218 Å². The summed E-state index contributed by atoms with van der Waals surface area (Å²) in [5, 5.41) is 11.8. The summed E-state index contributed by atoms with van der Waals surface area (Å²) < 4.78 is 22.8. The van der Waals surface area contributed by atoms with E-state index in [0.29, 0.717) is 23.9 Å². The summed E-state index contributed by atoms with van der Waals surface area (Å²) >= 11 is 0. The molecular weight excluding hydrogens is 1090 g/mol. The number of allylic oxidation sites excluding steroid dienone is 14. The molecule has 0 amide bonds. The third-order valence-electron chi connectivity index (χ3n) is 16.4. The second-order valence-corrected chi connectivity index (χ2v) is 26.2. The molecule has 9 heteroatoms. The lowest BCUT2D eigenvalue weighted by atomic mass is 10.0. The summed E-state index contributed by atoms with van der Waals surface area (Å²) in [4.78, 5) is 37.5. The van der Waals surface area contributed by atoms with Crippen molar-refractivity contribution in [3.63, 3.8) is 0 Å². The Hall–Kier alpha value is -3.53. The van der Waals surface area contributed by atoms with Crippen molar-refractivity contribution in [2.45, 2.75) is 354 Å². The van der Waals surface area contributed by atoms with Gasteiger partial charge >= 0.3 is 11.9 Å². The van der Waals surface area contributed by atoms with Crippen LogP contribution in [0, 0.1) is 0 Å². The molecular formula is C79H141NO8. The monoisotopic (exact) mass is 1230 g/mol. The quantitative estimate of drug-likeness (QED) is 0.0195. The molecule has 0 heterocycles. The number of quaternary nitrogens is 1. The number of carboxylic acid groups (broad SMARTS) is 1. The van der Waals surface area contributed by atoms with Gasteiger partial charge in [-0.15, -0.1) is 0 Å². The van der Waals surface area contributed by atoms with E-state index in [-0.39, 0.29) is 32.2 Å². The van der Waals surface area contributed by atoms with Gasteiger partial charge in [-0.2, -0.15) is 0 Å². The summed E-state index contributed by atoms with van der Waals surface area (Å²) in [6.45, 7) is 4.66. The van der Waals surface area contributed by atoms with Crippen molar-refractivity contribution in [3.8, 4) is 0 Å². The molecule has 0 aliphatic rings. The van der Waals surface area contributed by atoms with E-state index in [4.69, 9.17) is 18.9 Å². The maximum absolute atomic E-state index is 12.9. The molecule has 0 saturated heterocycles. The first-order chi connectivity index (χ1) is 43.1. The molecule has 0 aliphatic carbocycles. The first kappa shape index (κ1) is 84.5. The molecule has 2 atom stereocenters. The van der Waals surface area contributed by atoms with Crippen LogP contribution in [0.15, 0.2) is 85.1 Å². The molecule has 0 N–H and O–H groups in total. The predicted molar refractivity (Wildman–Crippen MR) is 375 cm³/mol. The molecule has 0 aromatic rings. The summed E-state index contributed by atoms with van der Waals surface area (Å²) in [6.07, 6.45) is 91.2. The average molecular weight is 1230 g/mol. The van der Waals surface area contributed by atoms with Crippen molar-refractivity contribution >= 4 is 17.9 Å². The van der Waals surface area contributed by atoms with Gasteiger partial charge in [0, 0.05) is 12.8 Å². The molecule has 9 nitrogen and oxygen atoms in total. The molecule has 0 radical (unpaired) electrons. The van der Waals surface area contributed by atoms with E-state index in [9.17, 15) is 19.5 Å². The summed E-state index contributed by atoms with van der Waals surface area (Å²) in [7, 11) is 5.93. The Bertz CT molecular complexity index is 1720. The molecule has 0 saturated carbocycles. The van der Waals surface area contributed by atoms with Gasteiger partial charge < -0.3 is 33.3 Å². The van der Waals surface area contributed by atoms with Gasteiger partial charge in [0.05, 0.1) is 40.3 Å². The van der Waals surface area contributed by atoms with Gasteiger partial charge in [-0.3, -0.25) is 9.59 Å². The topological polar surface area (TPSA) is 111 Å². The van der Waals surface area contributed by atoms with Crippen LogP contribution < -0.4 is 5.11 Å². The van der Waals surface area contributed by atoms with Gasteiger partial charge in [0.15, 0.2) is 12.4 Å². The predicted octanol–water partition coefficient (Wildman–Crippen LogP) is 22.1. The van der Waals surface area contributed by atoms with Crippen LogP contribution in [0.4, 0.5) is 0 Å². The van der Waals surface area contributed by atoms with E-state index in [0.717, 1.165) is 89.9 Å². The molecule has 0 rings (SSSR count). The molecule has 0 aromatic heterocycles. The fourth-order valence-electron chi connectivity index (χ4n) is 10.8. The highest BCUT2D eigenvalue weighted by molar-refractivity contribution is 5.70. The SMILES string of the molecule is CC/C=C\C/C=C\C/C=C\C/C=C\C/C=C\C/C=C\C/C=C\CCCCCCCCCC(=O)OC(COC(=O)CCCCCCCCCCCCCCCCCCCCCCCCCCCCCCCCCCCC)COC(OCC[N+](C)(C)C)C(=O)[O-]. The van der Waals surface area contributed by atoms with Crippen LogP contribution >= 0.6 is 0 Å². The van der Waals surface area contributed by atoms with Crippen molar-refractivity contribution in [2.75, 3.05) is 47.5 Å². The van der Waals surface area contributed by atoms with E-state index >= 15 is 0 Å². The number of rotatable bonds is 69. The Morgan fingerprint density at radius 3 is 0.966 bits per heavy atom. The number of unbranched alkanes of at least 4 members (excludes halogenated alkanes) is 40. The Labute approximate surface area is 544 Å². The number of nitrogens with zero attached hydrogens (tertiary/aromatic N) is 1. The number of carboxylic acids is 1. The highest BCUT2D eigenvalue weighted by Gasteiger charge is 2.22. The number of carbonyl (C=O) groups excluding carboxylic acids is 3. The molecule has 510 valence electrons. The zero-order chi connectivity index (χ0) is 64.0. The van der Waals surface area contributed by atoms with Crippen molar-refractivity contribution in [3.05, 3.63) is 85.1 Å². The van der Waals surface area contributed by atoms with Crippen LogP contribution in [0.2, 0.25) is 0 Å². The van der Waals surface area contributed by atoms with E-state index < -0.39 is 24.3 Å². The molecule has 0 bridgehead atoms. The summed E-state index contributed by atoms with van der Waals surface area (Å²) in [5.41, 5.74) is 0. The van der Waals surface area contributed by atoms with Crippen molar-refractivity contribution < 1.29 is 42.9 Å². The first-order valence-electron chi connectivity index (χ1n) is 37.2. The third kappa shape index (κ3) is 69.9. The molecule has 0 fully saturated rings. The highest BCUT2D eigenvalue weighted by Crippen LogP contribution is 2.19. The van der Waals surface area contributed by atoms with E-state index in [1.807, 2.05) is 21.1 Å². The second kappa shape index (κ2) is 69.4. The number of carbonyl (C=O) groups is 3. The minimum absolute atomic E-state index is 0.143. The Kier molecular flexibility index (Phi) is 66.6. The first-order valence-corrected chi connectivity index (χ1v) is 37.2. The van der Waals surface area contributed by atoms with Crippen LogP contribution in [-0.2, 0) is 33.3 Å². The fraction of sp³-hybridized carbons (Fsp3) is 0.785. The number of aliphatic carboxylic acids is 1. The largest absolute Gasteiger partial charge is 0.545 e. The van der Waals surface area contributed by atoms with Crippen molar-refractivity contribution in [1.82, 2.24) is 0 Å². The number of esters is 2. The maximum atomic E-state index is 12.9. The van der Waals surface area contributed by atoms with Crippen LogP contribution in [0.3, 0.4) is 0 Å². The molecule has 88 heavy (non-hydrogen) atoms. The molecule has 0 aromatic carbocycles. The van der Waals surface area contributed by atoms with Crippen LogP contribution in [0.25, 0.3) is 0 Å². The van der Waals surface area contributed by atoms with Gasteiger partial charge in [-0.05, 0) is 70.6 Å². The van der Waals surface area contributed by atoms with Gasteiger partial charge in [0.2, 0.25) is 0 Å². The van der Waals surface area contributed by atoms with Crippen LogP contribution in [-0.4, -0.2) is 82.3 Å². The van der Waals surface area contributed by atoms with Crippen molar-refractivity contribution in [2.24, 2.45) is 0 Å². The fourth-order valence-corrected chi connectivity index (χ4v) is 10.8. The molecule has 0 spiro atoms. The minimum atomic E-state index is -1.63. The minimum Gasteiger partial charge on any atom is -0.545 e. The van der Waals surface area contributed by atoms with Gasteiger partial charge in [0.25, 0.3) is 0 Å². The number of likely N-dealkylation sites (N-methyl/N-ethyl adjacent to an activating group) is 1. The lowest BCUT2D eigenvalue weighted by Crippen LogP contribution is -2.44. The van der Waals surface area contributed by atoms with Gasteiger partial charge in [-0.1, -0.05) is 343 Å². The zero-order valence-electron chi connectivity index (χ0n) is 58.3. The van der Waals surface area contributed by atoms with Gasteiger partial charge in [0.1, 0.15) is 13.2 Å². The van der Waals surface area contributed by atoms with E-state index in [1.54, 1.807) is 0 Å². The standard InChI is InChI=1S/C79H141NO8/c1-6-8-10-12-14-16-18-20-22-24-26-28-30-32-34-36-37-38-39-40-42-43-45-47-49-51-53-55-57-59-61-63-65-67-69-76(81)86-73-75(74-87-79(78(83)84)85-72-71-80(3,4)5)88-77(82)70-68-66-64-62-60-58-56-54-52-50-48-46-44-41-35-33-31-29-27-25-23-21-19-17-15-13-11-9-7-2/h9,11,15,17,21,23,27,29,33,35,44,46,50,52,75,79H,6-8,10,12-14,16,18-20,22,24-26,28,30-32,34,36-43,45,47-49,51,53-74H2,1-5H3/b11-9-,17-15-,23-21-,29-27-,35-33-,46-44-,52-50-. The average Bonchev–Trinajstić information content (AvgIpc) is 3.54.